The van der Waals surface area contributed by atoms with E-state index in [2.05, 4.69) is 16.9 Å². The van der Waals surface area contributed by atoms with Crippen LogP contribution in [0.5, 0.6) is 0 Å². The van der Waals surface area contributed by atoms with Crippen molar-refractivity contribution in [2.75, 3.05) is 6.61 Å². The molecule has 2 rings (SSSR count). The van der Waals surface area contributed by atoms with Gasteiger partial charge in [0.2, 0.25) is 0 Å². The van der Waals surface area contributed by atoms with Crippen LogP contribution >= 0.6 is 0 Å². The third-order valence-corrected chi connectivity index (χ3v) is 2.38. The van der Waals surface area contributed by atoms with Crippen molar-refractivity contribution in [1.29, 1.82) is 0 Å². The SMILES string of the molecule is O=c1cccnn1Cc1ccc(C#CCO)cc1. The summed E-state index contributed by atoms with van der Waals surface area (Å²) in [4.78, 5) is 11.5. The number of rotatable bonds is 2. The molecule has 4 nitrogen and oxygen atoms in total. The van der Waals surface area contributed by atoms with Crippen LogP contribution in [0.1, 0.15) is 11.1 Å². The highest BCUT2D eigenvalue weighted by atomic mass is 16.2. The van der Waals surface area contributed by atoms with Crippen molar-refractivity contribution in [2.45, 2.75) is 6.54 Å². The Morgan fingerprint density at radius 3 is 2.67 bits per heavy atom. The molecule has 0 radical (unpaired) electrons. The van der Waals surface area contributed by atoms with Crippen LogP contribution in [0.2, 0.25) is 0 Å². The quantitative estimate of drug-likeness (QED) is 0.783. The number of nitrogens with zero attached hydrogens (tertiary/aromatic N) is 2. The topological polar surface area (TPSA) is 55.1 Å². The van der Waals surface area contributed by atoms with Crippen LogP contribution in [0.3, 0.4) is 0 Å². The first kappa shape index (κ1) is 12.1. The molecule has 1 aromatic heterocycles. The predicted molar refractivity (Wildman–Crippen MR) is 68.0 cm³/mol. The molecule has 18 heavy (non-hydrogen) atoms. The molecule has 0 atom stereocenters. The molecule has 0 bridgehead atoms. The average molecular weight is 240 g/mol. The number of aliphatic hydroxyl groups is 1. The van der Waals surface area contributed by atoms with Gasteiger partial charge in [-0.3, -0.25) is 4.79 Å². The Bertz CT molecular complexity index is 633. The molecule has 0 aliphatic heterocycles. The Labute approximate surface area is 105 Å². The van der Waals surface area contributed by atoms with E-state index in [9.17, 15) is 4.79 Å². The largest absolute Gasteiger partial charge is 0.384 e. The van der Waals surface area contributed by atoms with Crippen LogP contribution in [0, 0.1) is 11.8 Å². The summed E-state index contributed by atoms with van der Waals surface area (Å²) >= 11 is 0. The fourth-order valence-electron chi connectivity index (χ4n) is 1.51. The van der Waals surface area contributed by atoms with E-state index in [0.717, 1.165) is 11.1 Å². The average Bonchev–Trinajstić information content (AvgIpc) is 2.41. The van der Waals surface area contributed by atoms with Crippen LogP contribution < -0.4 is 5.56 Å². The molecule has 0 saturated carbocycles. The lowest BCUT2D eigenvalue weighted by Gasteiger charge is -2.03. The molecule has 0 amide bonds. The van der Waals surface area contributed by atoms with E-state index < -0.39 is 0 Å². The maximum atomic E-state index is 11.5. The number of benzene rings is 1. The zero-order chi connectivity index (χ0) is 12.8. The summed E-state index contributed by atoms with van der Waals surface area (Å²) in [5, 5.41) is 12.6. The molecule has 1 aromatic carbocycles. The molecule has 4 heteroatoms. The molecule has 0 spiro atoms. The molecule has 1 heterocycles. The van der Waals surface area contributed by atoms with Crippen molar-refractivity contribution in [3.05, 3.63) is 64.1 Å². The predicted octanol–water partition coefficient (Wildman–Crippen LogP) is 0.635. The number of hydrogen-bond donors (Lipinski definition) is 1. The van der Waals surface area contributed by atoms with Crippen LogP contribution in [0.4, 0.5) is 0 Å². The first-order chi connectivity index (χ1) is 8.79. The van der Waals surface area contributed by atoms with Gasteiger partial charge in [0, 0.05) is 17.8 Å². The van der Waals surface area contributed by atoms with Gasteiger partial charge >= 0.3 is 0 Å². The van der Waals surface area contributed by atoms with Crippen LogP contribution in [0.25, 0.3) is 0 Å². The first-order valence-corrected chi connectivity index (χ1v) is 5.50. The lowest BCUT2D eigenvalue weighted by molar-refractivity contribution is 0.350. The molecule has 2 aromatic rings. The normalized spacial score (nSPS) is 9.61. The summed E-state index contributed by atoms with van der Waals surface area (Å²) in [6.45, 7) is 0.290. The molecular formula is C14H12N2O2. The number of aliphatic hydroxyl groups excluding tert-OH is 1. The summed E-state index contributed by atoms with van der Waals surface area (Å²) in [7, 11) is 0. The van der Waals surface area contributed by atoms with Crippen LogP contribution in [0.15, 0.2) is 47.4 Å². The summed E-state index contributed by atoms with van der Waals surface area (Å²) in [6.07, 6.45) is 1.59. The molecular weight excluding hydrogens is 228 g/mol. The molecule has 0 aliphatic carbocycles. The van der Waals surface area contributed by atoms with Crippen molar-refractivity contribution in [3.63, 3.8) is 0 Å². The standard InChI is InChI=1S/C14H12N2O2/c17-10-2-3-12-5-7-13(8-6-12)11-16-14(18)4-1-9-15-16/h1,4-9,17H,10-11H2. The van der Waals surface area contributed by atoms with E-state index in [-0.39, 0.29) is 12.2 Å². The molecule has 0 fully saturated rings. The van der Waals surface area contributed by atoms with E-state index in [1.807, 2.05) is 24.3 Å². The van der Waals surface area contributed by atoms with E-state index in [1.54, 1.807) is 12.3 Å². The Morgan fingerprint density at radius 2 is 2.00 bits per heavy atom. The van der Waals surface area contributed by atoms with E-state index in [1.165, 1.54) is 10.7 Å². The third kappa shape index (κ3) is 3.06. The molecule has 0 unspecified atom stereocenters. The second kappa shape index (κ2) is 5.80. The van der Waals surface area contributed by atoms with Crippen molar-refractivity contribution in [1.82, 2.24) is 9.78 Å². The van der Waals surface area contributed by atoms with Gasteiger partial charge in [0.15, 0.2) is 0 Å². The van der Waals surface area contributed by atoms with E-state index >= 15 is 0 Å². The van der Waals surface area contributed by atoms with Gasteiger partial charge in [-0.15, -0.1) is 0 Å². The summed E-state index contributed by atoms with van der Waals surface area (Å²) in [5.41, 5.74) is 1.69. The zero-order valence-corrected chi connectivity index (χ0v) is 9.71. The van der Waals surface area contributed by atoms with Gasteiger partial charge in [0.05, 0.1) is 6.54 Å². The highest BCUT2D eigenvalue weighted by Gasteiger charge is 1.97. The Morgan fingerprint density at radius 1 is 1.22 bits per heavy atom. The monoisotopic (exact) mass is 240 g/mol. The van der Waals surface area contributed by atoms with Crippen molar-refractivity contribution in [3.8, 4) is 11.8 Å². The Balaban J connectivity index is 2.16. The van der Waals surface area contributed by atoms with Gasteiger partial charge in [-0.25, -0.2) is 4.68 Å². The molecule has 90 valence electrons. The molecule has 1 N–H and O–H groups in total. The highest BCUT2D eigenvalue weighted by molar-refractivity contribution is 5.36. The van der Waals surface area contributed by atoms with E-state index in [4.69, 9.17) is 5.11 Å². The van der Waals surface area contributed by atoms with Gasteiger partial charge in [0.25, 0.3) is 5.56 Å². The van der Waals surface area contributed by atoms with Gasteiger partial charge in [-0.2, -0.15) is 5.10 Å². The minimum absolute atomic E-state index is 0.123. The minimum atomic E-state index is -0.148. The van der Waals surface area contributed by atoms with Crippen LogP contribution in [-0.4, -0.2) is 21.5 Å². The van der Waals surface area contributed by atoms with Gasteiger partial charge < -0.3 is 5.11 Å². The number of aromatic nitrogens is 2. The van der Waals surface area contributed by atoms with Gasteiger partial charge in [-0.05, 0) is 23.8 Å². The van der Waals surface area contributed by atoms with Crippen LogP contribution in [-0.2, 0) is 6.54 Å². The smallest absolute Gasteiger partial charge is 0.267 e. The molecule has 0 saturated heterocycles. The lowest BCUT2D eigenvalue weighted by Crippen LogP contribution is -2.21. The highest BCUT2D eigenvalue weighted by Crippen LogP contribution is 2.04. The summed E-state index contributed by atoms with van der Waals surface area (Å²) < 4.78 is 1.40. The van der Waals surface area contributed by atoms with Crippen molar-refractivity contribution in [2.24, 2.45) is 0 Å². The molecule has 0 aliphatic rings. The Hall–Kier alpha value is -2.38. The lowest BCUT2D eigenvalue weighted by atomic mass is 10.1. The van der Waals surface area contributed by atoms with Gasteiger partial charge in [0.1, 0.15) is 6.61 Å². The van der Waals surface area contributed by atoms with Crippen molar-refractivity contribution >= 4 is 0 Å². The van der Waals surface area contributed by atoms with E-state index in [0.29, 0.717) is 6.54 Å². The second-order valence-corrected chi connectivity index (χ2v) is 3.68. The summed E-state index contributed by atoms with van der Waals surface area (Å²) in [5.74, 6) is 5.39. The van der Waals surface area contributed by atoms with Crippen molar-refractivity contribution < 1.29 is 5.11 Å². The second-order valence-electron chi connectivity index (χ2n) is 3.68. The first-order valence-electron chi connectivity index (χ1n) is 5.50. The maximum absolute atomic E-state index is 11.5. The minimum Gasteiger partial charge on any atom is -0.384 e. The Kier molecular flexibility index (Phi) is 3.90. The zero-order valence-electron chi connectivity index (χ0n) is 9.71. The fourth-order valence-corrected chi connectivity index (χ4v) is 1.51. The third-order valence-electron chi connectivity index (χ3n) is 2.38. The number of hydrogen-bond acceptors (Lipinski definition) is 3. The summed E-state index contributed by atoms with van der Waals surface area (Å²) in [6, 6.07) is 10.6. The van der Waals surface area contributed by atoms with Gasteiger partial charge in [-0.1, -0.05) is 24.0 Å². The maximum Gasteiger partial charge on any atom is 0.267 e. The fraction of sp³-hybridized carbons (Fsp3) is 0.143.